The fourth-order valence-corrected chi connectivity index (χ4v) is 2.13. The quantitative estimate of drug-likeness (QED) is 0.423. The number of aliphatic hydroxyl groups excluding tert-OH is 1. The van der Waals surface area contributed by atoms with E-state index >= 15 is 0 Å². The van der Waals surface area contributed by atoms with Crippen LogP contribution in [0, 0.1) is 30.3 Å². The van der Waals surface area contributed by atoms with E-state index in [1.165, 1.54) is 0 Å². The van der Waals surface area contributed by atoms with Crippen LogP contribution in [-0.4, -0.2) is 43.7 Å². The summed E-state index contributed by atoms with van der Waals surface area (Å²) in [5.74, 6) is -1.21. The molecule has 0 aromatic heterocycles. The van der Waals surface area contributed by atoms with Crippen LogP contribution < -0.4 is 5.32 Å². The Kier molecular flexibility index (Phi) is 10.5. The van der Waals surface area contributed by atoms with Crippen molar-refractivity contribution in [2.45, 2.75) is 52.1 Å². The molecule has 3 N–H and O–H groups in total. The van der Waals surface area contributed by atoms with Crippen LogP contribution in [0.2, 0.25) is 0 Å². The van der Waals surface area contributed by atoms with Gasteiger partial charge in [-0.1, -0.05) is 20.8 Å². The van der Waals surface area contributed by atoms with Gasteiger partial charge in [-0.3, -0.25) is 30.3 Å². The SMILES string of the molecule is CCC(CC)NC(CC)CO.O=[N+]([O-])c1cc([N+](=O)[O-])c(O)c([N+](=O)[O-])c1. The summed E-state index contributed by atoms with van der Waals surface area (Å²) in [7, 11) is 0. The zero-order chi connectivity index (χ0) is 21.1. The molecule has 0 radical (unpaired) electrons. The number of aliphatic hydroxyl groups is 1. The molecule has 0 aliphatic rings. The number of non-ortho nitro benzene ring substituents is 1. The molecule has 12 heteroatoms. The number of nitrogens with zero attached hydrogens (tertiary/aromatic N) is 3. The molecular formula is C15H24N4O8. The smallest absolute Gasteiger partial charge is 0.324 e. The van der Waals surface area contributed by atoms with Crippen LogP contribution in [-0.2, 0) is 0 Å². The van der Waals surface area contributed by atoms with Gasteiger partial charge in [-0.05, 0) is 19.3 Å². The largest absolute Gasteiger partial charge is 0.497 e. The summed E-state index contributed by atoms with van der Waals surface area (Å²) >= 11 is 0. The summed E-state index contributed by atoms with van der Waals surface area (Å²) < 4.78 is 0. The molecule has 1 aromatic carbocycles. The molecule has 0 aliphatic heterocycles. The number of phenolic OH excluding ortho intramolecular Hbond substituents is 1. The molecule has 1 unspecified atom stereocenters. The van der Waals surface area contributed by atoms with Gasteiger partial charge in [0.2, 0.25) is 0 Å². The van der Waals surface area contributed by atoms with Gasteiger partial charge in [0, 0.05) is 12.1 Å². The predicted octanol–water partition coefficient (Wildman–Crippen LogP) is 2.65. The van der Waals surface area contributed by atoms with Crippen LogP contribution in [0.25, 0.3) is 0 Å². The van der Waals surface area contributed by atoms with Gasteiger partial charge in [0.05, 0.1) is 33.5 Å². The molecule has 0 aliphatic carbocycles. The van der Waals surface area contributed by atoms with Gasteiger partial charge in [-0.2, -0.15) is 0 Å². The first-order chi connectivity index (χ1) is 12.6. The highest BCUT2D eigenvalue weighted by molar-refractivity contribution is 5.64. The zero-order valence-corrected chi connectivity index (χ0v) is 15.3. The number of rotatable bonds is 9. The Morgan fingerprint density at radius 3 is 1.56 bits per heavy atom. The normalized spacial score (nSPS) is 11.4. The van der Waals surface area contributed by atoms with Crippen molar-refractivity contribution in [3.8, 4) is 5.75 Å². The molecule has 0 saturated carbocycles. The number of hydrogen-bond donors (Lipinski definition) is 3. The third-order valence-corrected chi connectivity index (χ3v) is 3.83. The highest BCUT2D eigenvalue weighted by Crippen LogP contribution is 2.38. The lowest BCUT2D eigenvalue weighted by Gasteiger charge is -2.21. The van der Waals surface area contributed by atoms with Gasteiger partial charge < -0.3 is 15.5 Å². The summed E-state index contributed by atoms with van der Waals surface area (Å²) in [5, 5.41) is 52.5. The number of nitro groups is 3. The lowest BCUT2D eigenvalue weighted by molar-refractivity contribution is -0.404. The molecular weight excluding hydrogens is 364 g/mol. The van der Waals surface area contributed by atoms with Crippen LogP contribution in [0.4, 0.5) is 17.1 Å². The first kappa shape index (κ1) is 24.1. The molecule has 0 heterocycles. The number of phenols is 1. The molecule has 1 aromatic rings. The maximum Gasteiger partial charge on any atom is 0.324 e. The van der Waals surface area contributed by atoms with Gasteiger partial charge in [0.1, 0.15) is 0 Å². The molecule has 0 amide bonds. The minimum absolute atomic E-state index is 0.257. The van der Waals surface area contributed by atoms with Gasteiger partial charge in [-0.15, -0.1) is 0 Å². The Balaban J connectivity index is 0.000000541. The highest BCUT2D eigenvalue weighted by atomic mass is 16.6. The number of hydrogen-bond acceptors (Lipinski definition) is 9. The standard InChI is InChI=1S/C9H21NO.C6H3N3O7/c1-4-8(5-2)10-9(6-3)7-11;10-6-4(8(13)14)1-3(7(11)12)2-5(6)9(15)16/h8-11H,4-7H2,1-3H3;1-2,10H. The van der Waals surface area contributed by atoms with E-state index < -0.39 is 37.6 Å². The van der Waals surface area contributed by atoms with Gasteiger partial charge in [0.25, 0.3) is 11.4 Å². The van der Waals surface area contributed by atoms with Crippen molar-refractivity contribution in [1.29, 1.82) is 0 Å². The predicted molar refractivity (Wildman–Crippen MR) is 96.7 cm³/mol. The summed E-state index contributed by atoms with van der Waals surface area (Å²) in [4.78, 5) is 27.8. The Labute approximate surface area is 155 Å². The van der Waals surface area contributed by atoms with E-state index in [0.29, 0.717) is 24.2 Å². The van der Waals surface area contributed by atoms with Crippen molar-refractivity contribution in [2.24, 2.45) is 0 Å². The van der Waals surface area contributed by atoms with E-state index in [-0.39, 0.29) is 6.61 Å². The van der Waals surface area contributed by atoms with E-state index in [4.69, 9.17) is 10.2 Å². The summed E-state index contributed by atoms with van der Waals surface area (Å²) in [6, 6.07) is 1.76. The van der Waals surface area contributed by atoms with E-state index in [1.807, 2.05) is 0 Å². The van der Waals surface area contributed by atoms with Crippen molar-refractivity contribution in [2.75, 3.05) is 6.61 Å². The molecule has 0 spiro atoms. The van der Waals surface area contributed by atoms with Gasteiger partial charge >= 0.3 is 11.4 Å². The molecule has 0 bridgehead atoms. The number of nitro benzene ring substituents is 3. The minimum Gasteiger partial charge on any atom is -0.497 e. The van der Waals surface area contributed by atoms with E-state index in [2.05, 4.69) is 26.1 Å². The third-order valence-electron chi connectivity index (χ3n) is 3.83. The van der Waals surface area contributed by atoms with Crippen molar-refractivity contribution >= 4 is 17.1 Å². The Morgan fingerprint density at radius 2 is 1.30 bits per heavy atom. The maximum absolute atomic E-state index is 10.4. The van der Waals surface area contributed by atoms with Crippen LogP contribution >= 0.6 is 0 Å². The minimum atomic E-state index is -1.21. The topological polar surface area (TPSA) is 182 Å². The Morgan fingerprint density at radius 1 is 0.889 bits per heavy atom. The number of aromatic hydroxyl groups is 1. The lowest BCUT2D eigenvalue weighted by Crippen LogP contribution is -2.39. The van der Waals surface area contributed by atoms with E-state index in [9.17, 15) is 30.3 Å². The summed E-state index contributed by atoms with van der Waals surface area (Å²) in [6.07, 6.45) is 3.30. The van der Waals surface area contributed by atoms with Crippen LogP contribution in [0.1, 0.15) is 40.0 Å². The van der Waals surface area contributed by atoms with Crippen molar-refractivity contribution in [3.63, 3.8) is 0 Å². The monoisotopic (exact) mass is 388 g/mol. The zero-order valence-electron chi connectivity index (χ0n) is 15.3. The molecule has 12 nitrogen and oxygen atoms in total. The maximum atomic E-state index is 10.4. The van der Waals surface area contributed by atoms with Gasteiger partial charge in [-0.25, -0.2) is 0 Å². The molecule has 27 heavy (non-hydrogen) atoms. The molecule has 1 rings (SSSR count). The fourth-order valence-electron chi connectivity index (χ4n) is 2.13. The van der Waals surface area contributed by atoms with Crippen molar-refractivity contribution in [3.05, 3.63) is 42.5 Å². The first-order valence-electron chi connectivity index (χ1n) is 8.29. The lowest BCUT2D eigenvalue weighted by atomic mass is 10.1. The summed E-state index contributed by atoms with van der Waals surface area (Å²) in [5.41, 5.74) is -3.00. The molecule has 152 valence electrons. The Bertz CT molecular complexity index is 614. The van der Waals surface area contributed by atoms with Crippen LogP contribution in [0.3, 0.4) is 0 Å². The van der Waals surface area contributed by atoms with E-state index in [1.54, 1.807) is 0 Å². The van der Waals surface area contributed by atoms with Crippen LogP contribution in [0.5, 0.6) is 5.75 Å². The number of nitrogens with one attached hydrogen (secondary N) is 1. The Hall–Kier alpha value is -2.86. The average Bonchev–Trinajstić information content (AvgIpc) is 2.63. The second-order valence-electron chi connectivity index (χ2n) is 5.57. The second-order valence-corrected chi connectivity index (χ2v) is 5.57. The van der Waals surface area contributed by atoms with E-state index in [0.717, 1.165) is 19.3 Å². The van der Waals surface area contributed by atoms with Crippen molar-refractivity contribution < 1.29 is 25.0 Å². The highest BCUT2D eigenvalue weighted by Gasteiger charge is 2.30. The van der Waals surface area contributed by atoms with Crippen LogP contribution in [0.15, 0.2) is 12.1 Å². The average molecular weight is 388 g/mol. The van der Waals surface area contributed by atoms with Gasteiger partial charge in [0.15, 0.2) is 0 Å². The fraction of sp³-hybridized carbons (Fsp3) is 0.600. The number of benzene rings is 1. The third kappa shape index (κ3) is 7.50. The second kappa shape index (κ2) is 11.7. The summed E-state index contributed by atoms with van der Waals surface area (Å²) in [6.45, 7) is 6.69. The van der Waals surface area contributed by atoms with Crippen molar-refractivity contribution in [1.82, 2.24) is 5.32 Å². The molecule has 0 fully saturated rings. The molecule has 0 saturated heterocycles. The first-order valence-corrected chi connectivity index (χ1v) is 8.29. The molecule has 1 atom stereocenters.